The largest absolute Gasteiger partial charge is 0.494 e. The zero-order chi connectivity index (χ0) is 28.4. The standard InChI is InChI=1S/C29H29F4N5O/c1-6-16(2)35-18(4)28-36-17(3)26(29(39)38(28)14-20-9-22(30)11-23(31)10-20)19(5)37-8-7-21(15-37)27-25(33)12-24(32)13-34-27/h6,9-13,21,39H,3,5,7-8,14-15H2,1-2,4H3/b16-6-,35-18?. The van der Waals surface area contributed by atoms with Crippen molar-refractivity contribution in [1.82, 2.24) is 14.8 Å². The van der Waals surface area contributed by atoms with Crippen LogP contribution >= 0.6 is 0 Å². The van der Waals surface area contributed by atoms with Crippen LogP contribution in [0.2, 0.25) is 0 Å². The summed E-state index contributed by atoms with van der Waals surface area (Å²) in [6.07, 6.45) is 3.32. The van der Waals surface area contributed by atoms with Gasteiger partial charge in [0.05, 0.1) is 35.4 Å². The minimum absolute atomic E-state index is 0.113. The first-order valence-electron chi connectivity index (χ1n) is 12.4. The molecule has 10 heteroatoms. The van der Waals surface area contributed by atoms with E-state index in [0.29, 0.717) is 36.6 Å². The Hall–Kier alpha value is -4.21. The summed E-state index contributed by atoms with van der Waals surface area (Å²) in [6.45, 7) is 14.2. The number of aliphatic hydroxyl groups is 1. The normalized spacial score (nSPS) is 18.7. The second kappa shape index (κ2) is 11.3. The Morgan fingerprint density at radius 1 is 1.13 bits per heavy atom. The van der Waals surface area contributed by atoms with Crippen LogP contribution in [0.3, 0.4) is 0 Å². The highest BCUT2D eigenvalue weighted by Crippen LogP contribution is 2.36. The van der Waals surface area contributed by atoms with Crippen LogP contribution in [0.1, 0.15) is 44.4 Å². The number of aliphatic hydroxyl groups excluding tert-OH is 1. The average Bonchev–Trinajstić information content (AvgIpc) is 3.34. The second-order valence-corrected chi connectivity index (χ2v) is 9.47. The maximum absolute atomic E-state index is 14.4. The van der Waals surface area contributed by atoms with Gasteiger partial charge in [0.25, 0.3) is 0 Å². The predicted molar refractivity (Wildman–Crippen MR) is 143 cm³/mol. The molecule has 4 rings (SSSR count). The van der Waals surface area contributed by atoms with Gasteiger partial charge in [-0.3, -0.25) is 14.9 Å². The SMILES string of the molecule is C=C1N=C(C(C)=N/C(C)=C\C)N(Cc2cc(F)cc(F)c2)C(O)=C1C(=C)N1CCC(c2ncc(F)cc2F)C1. The van der Waals surface area contributed by atoms with Gasteiger partial charge in [0.15, 0.2) is 5.84 Å². The number of benzene rings is 1. The van der Waals surface area contributed by atoms with Crippen LogP contribution in [0.4, 0.5) is 17.6 Å². The summed E-state index contributed by atoms with van der Waals surface area (Å²) in [4.78, 5) is 16.3. The van der Waals surface area contributed by atoms with E-state index in [1.54, 1.807) is 19.9 Å². The van der Waals surface area contributed by atoms with E-state index in [1.165, 1.54) is 17.0 Å². The number of nitrogens with zero attached hydrogens (tertiary/aromatic N) is 5. The van der Waals surface area contributed by atoms with Crippen LogP contribution in [-0.4, -0.2) is 44.5 Å². The fraction of sp³-hybridized carbons (Fsp3) is 0.276. The van der Waals surface area contributed by atoms with Crippen LogP contribution in [0.5, 0.6) is 0 Å². The van der Waals surface area contributed by atoms with Gasteiger partial charge in [0, 0.05) is 42.5 Å². The molecule has 1 saturated heterocycles. The number of hydrogen-bond donors (Lipinski definition) is 1. The number of pyridine rings is 1. The molecule has 39 heavy (non-hydrogen) atoms. The molecule has 0 amide bonds. The van der Waals surface area contributed by atoms with Gasteiger partial charge in [-0.25, -0.2) is 22.6 Å². The van der Waals surface area contributed by atoms with Crippen LogP contribution < -0.4 is 0 Å². The number of amidine groups is 1. The van der Waals surface area contributed by atoms with E-state index < -0.39 is 23.3 Å². The molecule has 1 fully saturated rings. The Labute approximate surface area is 224 Å². The lowest BCUT2D eigenvalue weighted by molar-refractivity contribution is 0.259. The Bertz CT molecular complexity index is 1440. The molecule has 204 valence electrons. The van der Waals surface area contributed by atoms with E-state index in [-0.39, 0.29) is 46.7 Å². The third-order valence-electron chi connectivity index (χ3n) is 6.69. The van der Waals surface area contributed by atoms with E-state index >= 15 is 0 Å². The number of likely N-dealkylation sites (tertiary alicyclic amines) is 1. The number of allylic oxidation sites excluding steroid dienone is 2. The summed E-state index contributed by atoms with van der Waals surface area (Å²) in [5, 5.41) is 11.5. The van der Waals surface area contributed by atoms with Crippen molar-refractivity contribution in [3.8, 4) is 0 Å². The smallest absolute Gasteiger partial charge is 0.204 e. The van der Waals surface area contributed by atoms with Gasteiger partial charge in [-0.15, -0.1) is 0 Å². The molecule has 1 atom stereocenters. The maximum atomic E-state index is 14.4. The zero-order valence-electron chi connectivity index (χ0n) is 22.0. The Morgan fingerprint density at radius 2 is 1.82 bits per heavy atom. The van der Waals surface area contributed by atoms with Crippen molar-refractivity contribution in [2.75, 3.05) is 13.1 Å². The Kier molecular flexibility index (Phi) is 8.03. The lowest BCUT2D eigenvalue weighted by atomic mass is 10.0. The fourth-order valence-corrected chi connectivity index (χ4v) is 4.71. The minimum Gasteiger partial charge on any atom is -0.494 e. The van der Waals surface area contributed by atoms with Crippen molar-refractivity contribution in [1.29, 1.82) is 0 Å². The number of aromatic nitrogens is 1. The van der Waals surface area contributed by atoms with Gasteiger partial charge in [0.1, 0.15) is 23.3 Å². The molecule has 2 aromatic rings. The molecule has 2 aliphatic rings. The van der Waals surface area contributed by atoms with E-state index in [9.17, 15) is 22.7 Å². The Balaban J connectivity index is 1.68. The molecular formula is C29H29F4N5O. The molecule has 0 radical (unpaired) electrons. The monoisotopic (exact) mass is 539 g/mol. The maximum Gasteiger partial charge on any atom is 0.204 e. The highest BCUT2D eigenvalue weighted by Gasteiger charge is 2.34. The van der Waals surface area contributed by atoms with Crippen molar-refractivity contribution in [2.45, 2.75) is 39.7 Å². The van der Waals surface area contributed by atoms with Crippen molar-refractivity contribution in [3.05, 3.63) is 113 Å². The van der Waals surface area contributed by atoms with Crippen LogP contribution in [0, 0.1) is 23.3 Å². The first-order valence-corrected chi connectivity index (χ1v) is 12.4. The quantitative estimate of drug-likeness (QED) is 0.321. The lowest BCUT2D eigenvalue weighted by Gasteiger charge is -2.33. The van der Waals surface area contributed by atoms with Gasteiger partial charge in [-0.2, -0.15) is 0 Å². The number of hydrogen-bond acceptors (Lipinski definition) is 6. The molecule has 0 spiro atoms. The molecule has 1 aromatic carbocycles. The minimum atomic E-state index is -0.752. The molecule has 3 heterocycles. The third-order valence-corrected chi connectivity index (χ3v) is 6.69. The molecule has 0 saturated carbocycles. The first kappa shape index (κ1) is 27.8. The molecule has 1 unspecified atom stereocenters. The summed E-state index contributed by atoms with van der Waals surface area (Å²) in [6, 6.07) is 3.92. The number of halogens is 4. The highest BCUT2D eigenvalue weighted by molar-refractivity contribution is 6.41. The number of aliphatic imine (C=N–C) groups is 2. The summed E-state index contributed by atoms with van der Waals surface area (Å²) in [5.74, 6) is -3.29. The third kappa shape index (κ3) is 5.94. The van der Waals surface area contributed by atoms with Crippen molar-refractivity contribution in [2.24, 2.45) is 9.98 Å². The summed E-state index contributed by atoms with van der Waals surface area (Å²) in [5.41, 5.74) is 2.43. The van der Waals surface area contributed by atoms with Crippen molar-refractivity contribution < 1.29 is 22.7 Å². The molecule has 0 aliphatic carbocycles. The summed E-state index contributed by atoms with van der Waals surface area (Å²) < 4.78 is 55.6. The molecule has 2 aliphatic heterocycles. The molecule has 1 N–H and O–H groups in total. The average molecular weight is 540 g/mol. The van der Waals surface area contributed by atoms with E-state index in [2.05, 4.69) is 28.1 Å². The highest BCUT2D eigenvalue weighted by atomic mass is 19.1. The van der Waals surface area contributed by atoms with E-state index in [0.717, 1.165) is 18.3 Å². The molecule has 6 nitrogen and oxygen atoms in total. The van der Waals surface area contributed by atoms with E-state index in [4.69, 9.17) is 0 Å². The lowest BCUT2D eigenvalue weighted by Crippen LogP contribution is -2.39. The van der Waals surface area contributed by atoms with Crippen LogP contribution in [0.25, 0.3) is 0 Å². The first-order chi connectivity index (χ1) is 18.5. The van der Waals surface area contributed by atoms with Gasteiger partial charge in [0.2, 0.25) is 5.88 Å². The van der Waals surface area contributed by atoms with E-state index in [1.807, 2.05) is 11.8 Å². The molecule has 1 aromatic heterocycles. The van der Waals surface area contributed by atoms with Crippen LogP contribution in [0.15, 0.2) is 88.2 Å². The van der Waals surface area contributed by atoms with Gasteiger partial charge in [-0.05, 0) is 44.9 Å². The molecule has 0 bridgehead atoms. The molecular weight excluding hydrogens is 510 g/mol. The van der Waals surface area contributed by atoms with Crippen molar-refractivity contribution in [3.63, 3.8) is 0 Å². The Morgan fingerprint density at radius 3 is 2.46 bits per heavy atom. The topological polar surface area (TPSA) is 64.3 Å². The predicted octanol–water partition coefficient (Wildman–Crippen LogP) is 6.52. The number of rotatable bonds is 7. The van der Waals surface area contributed by atoms with Gasteiger partial charge in [-0.1, -0.05) is 19.2 Å². The van der Waals surface area contributed by atoms with Crippen molar-refractivity contribution >= 4 is 11.5 Å². The summed E-state index contributed by atoms with van der Waals surface area (Å²) >= 11 is 0. The van der Waals surface area contributed by atoms with Crippen LogP contribution in [-0.2, 0) is 6.54 Å². The fourth-order valence-electron chi connectivity index (χ4n) is 4.71. The zero-order valence-corrected chi connectivity index (χ0v) is 22.0. The second-order valence-electron chi connectivity index (χ2n) is 9.47. The summed E-state index contributed by atoms with van der Waals surface area (Å²) in [7, 11) is 0. The van der Waals surface area contributed by atoms with Gasteiger partial charge >= 0.3 is 0 Å². The van der Waals surface area contributed by atoms with Gasteiger partial charge < -0.3 is 10.0 Å².